The van der Waals surface area contributed by atoms with Gasteiger partial charge >= 0.3 is 0 Å². The van der Waals surface area contributed by atoms with Crippen molar-refractivity contribution in [3.63, 3.8) is 0 Å². The molecule has 2 saturated heterocycles. The summed E-state index contributed by atoms with van der Waals surface area (Å²) in [4.78, 5) is 11.1. The van der Waals surface area contributed by atoms with E-state index in [1.165, 1.54) is 12.8 Å². The zero-order valence-corrected chi connectivity index (χ0v) is 20.6. The van der Waals surface area contributed by atoms with E-state index in [1.807, 2.05) is 31.4 Å². The molecule has 1 aromatic rings. The number of anilines is 1. The molecule has 1 unspecified atom stereocenters. The van der Waals surface area contributed by atoms with Gasteiger partial charge in [-0.1, -0.05) is 6.07 Å². The van der Waals surface area contributed by atoms with E-state index in [0.717, 1.165) is 83.3 Å². The number of nitrogens with zero attached hydrogens (tertiary/aromatic N) is 3. The van der Waals surface area contributed by atoms with Crippen molar-refractivity contribution in [1.29, 1.82) is 0 Å². The number of piperidine rings is 1. The minimum absolute atomic E-state index is 0. The van der Waals surface area contributed by atoms with Gasteiger partial charge < -0.3 is 25.0 Å². The van der Waals surface area contributed by atoms with Gasteiger partial charge in [0, 0.05) is 46.0 Å². The van der Waals surface area contributed by atoms with Gasteiger partial charge in [-0.05, 0) is 57.1 Å². The molecule has 0 aromatic carbocycles. The molecular formula is C22H38IN5O2. The number of pyridine rings is 1. The fourth-order valence-electron chi connectivity index (χ4n) is 3.88. The summed E-state index contributed by atoms with van der Waals surface area (Å²) in [5.74, 6) is 1.95. The number of rotatable bonds is 9. The quantitative estimate of drug-likeness (QED) is 0.220. The molecule has 7 nitrogen and oxygen atoms in total. The Labute approximate surface area is 198 Å². The van der Waals surface area contributed by atoms with E-state index in [0.29, 0.717) is 12.2 Å². The lowest BCUT2D eigenvalue weighted by Gasteiger charge is -2.35. The molecule has 170 valence electrons. The SMILES string of the molecule is CN=C(NCCCCNc1ccccn1)N1CCC(OCC2CCCCO2)CC1.I. The fraction of sp³-hybridized carbons (Fsp3) is 0.727. The second-order valence-electron chi connectivity index (χ2n) is 7.83. The molecule has 0 aliphatic carbocycles. The van der Waals surface area contributed by atoms with Gasteiger partial charge in [0.1, 0.15) is 5.82 Å². The standard InChI is InChI=1S/C22H37N5O2.HI/c1-23-22(26-14-6-5-13-25-21-9-2-4-12-24-21)27-15-10-19(11-16-27)29-18-20-8-3-7-17-28-20;/h2,4,9,12,19-20H,3,5-8,10-11,13-18H2,1H3,(H,23,26)(H,24,25);1H. The predicted molar refractivity (Wildman–Crippen MR) is 133 cm³/mol. The van der Waals surface area contributed by atoms with Crippen molar-refractivity contribution >= 4 is 35.8 Å². The molecule has 0 saturated carbocycles. The van der Waals surface area contributed by atoms with Crippen LogP contribution in [0, 0.1) is 0 Å². The van der Waals surface area contributed by atoms with Gasteiger partial charge in [-0.15, -0.1) is 24.0 Å². The largest absolute Gasteiger partial charge is 0.376 e. The number of aliphatic imine (C=N–C) groups is 1. The minimum Gasteiger partial charge on any atom is -0.376 e. The van der Waals surface area contributed by atoms with Gasteiger partial charge in [-0.2, -0.15) is 0 Å². The maximum Gasteiger partial charge on any atom is 0.193 e. The average molecular weight is 531 g/mol. The Hall–Kier alpha value is -1.13. The maximum absolute atomic E-state index is 6.12. The van der Waals surface area contributed by atoms with Gasteiger partial charge in [0.2, 0.25) is 0 Å². The summed E-state index contributed by atoms with van der Waals surface area (Å²) >= 11 is 0. The number of unbranched alkanes of at least 4 members (excludes halogenated alkanes) is 1. The van der Waals surface area contributed by atoms with Gasteiger partial charge in [0.05, 0.1) is 18.8 Å². The molecular weight excluding hydrogens is 493 g/mol. The first-order valence-corrected chi connectivity index (χ1v) is 11.2. The number of hydrogen-bond donors (Lipinski definition) is 2. The molecule has 2 N–H and O–H groups in total. The molecule has 30 heavy (non-hydrogen) atoms. The number of halogens is 1. The first kappa shape index (κ1) is 25.1. The van der Waals surface area contributed by atoms with Crippen molar-refractivity contribution in [2.45, 2.75) is 57.2 Å². The van der Waals surface area contributed by atoms with E-state index in [9.17, 15) is 0 Å². The third-order valence-electron chi connectivity index (χ3n) is 5.60. The summed E-state index contributed by atoms with van der Waals surface area (Å²) in [5.41, 5.74) is 0. The molecule has 0 bridgehead atoms. The third-order valence-corrected chi connectivity index (χ3v) is 5.60. The highest BCUT2D eigenvalue weighted by Gasteiger charge is 2.23. The van der Waals surface area contributed by atoms with Crippen LogP contribution < -0.4 is 10.6 Å². The number of ether oxygens (including phenoxy) is 2. The lowest BCUT2D eigenvalue weighted by Crippen LogP contribution is -2.47. The third kappa shape index (κ3) is 8.93. The molecule has 2 fully saturated rings. The smallest absolute Gasteiger partial charge is 0.193 e. The van der Waals surface area contributed by atoms with Crippen LogP contribution in [0.4, 0.5) is 5.82 Å². The fourth-order valence-corrected chi connectivity index (χ4v) is 3.88. The molecule has 3 rings (SSSR count). The van der Waals surface area contributed by atoms with Crippen molar-refractivity contribution in [1.82, 2.24) is 15.2 Å². The summed E-state index contributed by atoms with van der Waals surface area (Å²) in [6.45, 7) is 5.52. The Morgan fingerprint density at radius 1 is 1.20 bits per heavy atom. The van der Waals surface area contributed by atoms with E-state index < -0.39 is 0 Å². The summed E-state index contributed by atoms with van der Waals surface area (Å²) in [7, 11) is 1.87. The lowest BCUT2D eigenvalue weighted by molar-refractivity contribution is -0.0721. The van der Waals surface area contributed by atoms with Crippen LogP contribution >= 0.6 is 24.0 Å². The molecule has 0 spiro atoms. The Morgan fingerprint density at radius 3 is 2.73 bits per heavy atom. The van der Waals surface area contributed by atoms with Crippen molar-refractivity contribution in [3.05, 3.63) is 24.4 Å². The highest BCUT2D eigenvalue weighted by atomic mass is 127. The Morgan fingerprint density at radius 2 is 2.03 bits per heavy atom. The lowest BCUT2D eigenvalue weighted by atomic mass is 10.1. The molecule has 2 aliphatic heterocycles. The van der Waals surface area contributed by atoms with E-state index in [4.69, 9.17) is 9.47 Å². The number of hydrogen-bond acceptors (Lipinski definition) is 5. The summed E-state index contributed by atoms with van der Waals surface area (Å²) in [6.07, 6.45) is 10.4. The summed E-state index contributed by atoms with van der Waals surface area (Å²) in [6, 6.07) is 5.93. The van der Waals surface area contributed by atoms with Crippen LogP contribution in [0.25, 0.3) is 0 Å². The molecule has 0 radical (unpaired) electrons. The average Bonchev–Trinajstić information content (AvgIpc) is 2.79. The first-order chi connectivity index (χ1) is 14.3. The highest BCUT2D eigenvalue weighted by molar-refractivity contribution is 14.0. The van der Waals surface area contributed by atoms with Crippen LogP contribution in [0.3, 0.4) is 0 Å². The van der Waals surface area contributed by atoms with E-state index in [2.05, 4.69) is 25.5 Å². The molecule has 0 amide bonds. The Balaban J connectivity index is 0.00000320. The van der Waals surface area contributed by atoms with Crippen molar-refractivity contribution in [3.8, 4) is 0 Å². The molecule has 3 heterocycles. The summed E-state index contributed by atoms with van der Waals surface area (Å²) < 4.78 is 11.9. The number of likely N-dealkylation sites (tertiary alicyclic amines) is 1. The van der Waals surface area contributed by atoms with Crippen LogP contribution in [0.2, 0.25) is 0 Å². The Bertz CT molecular complexity index is 590. The van der Waals surface area contributed by atoms with Crippen LogP contribution in [0.15, 0.2) is 29.4 Å². The molecule has 8 heteroatoms. The van der Waals surface area contributed by atoms with Gasteiger partial charge in [0.15, 0.2) is 5.96 Å². The Kier molecular flexibility index (Phi) is 12.4. The second kappa shape index (κ2) is 14.8. The zero-order chi connectivity index (χ0) is 20.2. The van der Waals surface area contributed by atoms with Crippen molar-refractivity contribution in [2.75, 3.05) is 51.8 Å². The van der Waals surface area contributed by atoms with Crippen LogP contribution in [0.1, 0.15) is 44.9 Å². The predicted octanol–water partition coefficient (Wildman–Crippen LogP) is 3.52. The van der Waals surface area contributed by atoms with E-state index in [-0.39, 0.29) is 24.0 Å². The van der Waals surface area contributed by atoms with Crippen LogP contribution in [-0.2, 0) is 9.47 Å². The van der Waals surface area contributed by atoms with E-state index in [1.54, 1.807) is 0 Å². The number of guanidine groups is 1. The van der Waals surface area contributed by atoms with Crippen LogP contribution in [-0.4, -0.2) is 74.5 Å². The number of aromatic nitrogens is 1. The molecule has 1 aromatic heterocycles. The van der Waals surface area contributed by atoms with Crippen molar-refractivity contribution < 1.29 is 9.47 Å². The van der Waals surface area contributed by atoms with E-state index >= 15 is 0 Å². The van der Waals surface area contributed by atoms with Gasteiger partial charge in [-0.3, -0.25) is 4.99 Å². The van der Waals surface area contributed by atoms with Crippen molar-refractivity contribution in [2.24, 2.45) is 4.99 Å². The second-order valence-corrected chi connectivity index (χ2v) is 7.83. The van der Waals surface area contributed by atoms with Crippen LogP contribution in [0.5, 0.6) is 0 Å². The van der Waals surface area contributed by atoms with Gasteiger partial charge in [0.25, 0.3) is 0 Å². The first-order valence-electron chi connectivity index (χ1n) is 11.2. The normalized spacial score (nSPS) is 20.5. The summed E-state index contributed by atoms with van der Waals surface area (Å²) in [5, 5.41) is 6.86. The molecule has 2 aliphatic rings. The minimum atomic E-state index is 0. The van der Waals surface area contributed by atoms with Gasteiger partial charge in [-0.25, -0.2) is 4.98 Å². The zero-order valence-electron chi connectivity index (χ0n) is 18.2. The highest BCUT2D eigenvalue weighted by Crippen LogP contribution is 2.18. The number of nitrogens with one attached hydrogen (secondary N) is 2. The monoisotopic (exact) mass is 531 g/mol. The molecule has 1 atom stereocenters. The maximum atomic E-state index is 6.12. The topological polar surface area (TPSA) is 71.0 Å².